The van der Waals surface area contributed by atoms with E-state index in [-0.39, 0.29) is 0 Å². The minimum Gasteiger partial charge on any atom is -0.397 e. The van der Waals surface area contributed by atoms with Gasteiger partial charge in [0.05, 0.1) is 11.2 Å². The molecule has 0 bridgehead atoms. The number of nitrogens with zero attached hydrogens (tertiary/aromatic N) is 2. The van der Waals surface area contributed by atoms with Crippen LogP contribution in [0.4, 0.5) is 14.5 Å². The Labute approximate surface area is 127 Å². The lowest BCUT2D eigenvalue weighted by Gasteiger charge is -2.12. The van der Waals surface area contributed by atoms with Crippen LogP contribution in [0.5, 0.6) is 0 Å². The molecule has 0 aliphatic heterocycles. The maximum absolute atomic E-state index is 13.6. The summed E-state index contributed by atoms with van der Waals surface area (Å²) >= 11 is 0. The van der Waals surface area contributed by atoms with Gasteiger partial charge in [0.2, 0.25) is 0 Å². The summed E-state index contributed by atoms with van der Waals surface area (Å²) in [5.41, 5.74) is 8.68. The second-order valence-corrected chi connectivity index (χ2v) is 5.78. The predicted octanol–water partition coefficient (Wildman–Crippen LogP) is 4.22. The van der Waals surface area contributed by atoms with Gasteiger partial charge in [0.15, 0.2) is 11.6 Å². The van der Waals surface area contributed by atoms with Gasteiger partial charge in [-0.15, -0.1) is 0 Å². The Morgan fingerprint density at radius 2 is 1.91 bits per heavy atom. The van der Waals surface area contributed by atoms with E-state index in [1.54, 1.807) is 6.07 Å². The zero-order valence-corrected chi connectivity index (χ0v) is 12.5. The van der Waals surface area contributed by atoms with Crippen LogP contribution < -0.4 is 5.73 Å². The smallest absolute Gasteiger partial charge is 0.159 e. The van der Waals surface area contributed by atoms with Gasteiger partial charge in [0, 0.05) is 12.1 Å². The molecule has 1 aromatic heterocycles. The standard InChI is InChI=1S/C17H17F2N3/c1-10(2)9-22-15-5-3-4-14(20)16(15)21-17(22)11-6-7-12(18)13(19)8-11/h3-8,10H,9,20H2,1-2H3. The fraction of sp³-hybridized carbons (Fsp3) is 0.235. The number of nitrogens with two attached hydrogens (primary N) is 1. The second kappa shape index (κ2) is 5.40. The number of aromatic nitrogens is 2. The van der Waals surface area contributed by atoms with Crippen LogP contribution in [-0.2, 0) is 6.54 Å². The van der Waals surface area contributed by atoms with Crippen LogP contribution in [0.1, 0.15) is 13.8 Å². The van der Waals surface area contributed by atoms with E-state index in [0.717, 1.165) is 11.6 Å². The van der Waals surface area contributed by atoms with Gasteiger partial charge in [-0.3, -0.25) is 0 Å². The summed E-state index contributed by atoms with van der Waals surface area (Å²) in [6.07, 6.45) is 0. The minimum absolute atomic E-state index is 0.378. The third kappa shape index (κ3) is 2.43. The molecule has 0 saturated carbocycles. The number of hydrogen-bond acceptors (Lipinski definition) is 2. The second-order valence-electron chi connectivity index (χ2n) is 5.78. The van der Waals surface area contributed by atoms with Crippen molar-refractivity contribution in [3.8, 4) is 11.4 Å². The van der Waals surface area contributed by atoms with Crippen LogP contribution in [0.3, 0.4) is 0 Å². The Hall–Kier alpha value is -2.43. The number of benzene rings is 2. The van der Waals surface area contributed by atoms with Gasteiger partial charge >= 0.3 is 0 Å². The number of imidazole rings is 1. The van der Waals surface area contributed by atoms with E-state index in [1.165, 1.54) is 12.1 Å². The molecule has 0 radical (unpaired) electrons. The van der Waals surface area contributed by atoms with Crippen molar-refractivity contribution in [1.29, 1.82) is 0 Å². The number of para-hydroxylation sites is 1. The number of anilines is 1. The molecule has 0 saturated heterocycles. The summed E-state index contributed by atoms with van der Waals surface area (Å²) in [6, 6.07) is 9.41. The average Bonchev–Trinajstić information content (AvgIpc) is 2.82. The van der Waals surface area contributed by atoms with E-state index in [4.69, 9.17) is 5.73 Å². The molecule has 0 unspecified atom stereocenters. The largest absolute Gasteiger partial charge is 0.397 e. The molecule has 3 rings (SSSR count). The van der Waals surface area contributed by atoms with Gasteiger partial charge in [-0.1, -0.05) is 19.9 Å². The highest BCUT2D eigenvalue weighted by molar-refractivity contribution is 5.90. The monoisotopic (exact) mass is 301 g/mol. The summed E-state index contributed by atoms with van der Waals surface area (Å²) in [5, 5.41) is 0. The topological polar surface area (TPSA) is 43.8 Å². The molecular weight excluding hydrogens is 284 g/mol. The summed E-state index contributed by atoms with van der Waals surface area (Å²) in [6.45, 7) is 4.90. The quantitative estimate of drug-likeness (QED) is 0.736. The summed E-state index contributed by atoms with van der Waals surface area (Å²) in [7, 11) is 0. The number of halogens is 2. The van der Waals surface area contributed by atoms with E-state index >= 15 is 0 Å². The van der Waals surface area contributed by atoms with Crippen LogP contribution in [-0.4, -0.2) is 9.55 Å². The molecule has 1 heterocycles. The lowest BCUT2D eigenvalue weighted by Crippen LogP contribution is -2.06. The molecule has 3 nitrogen and oxygen atoms in total. The third-order valence-electron chi connectivity index (χ3n) is 3.54. The molecule has 3 aromatic rings. The van der Waals surface area contributed by atoms with Crippen LogP contribution in [0.2, 0.25) is 0 Å². The highest BCUT2D eigenvalue weighted by Crippen LogP contribution is 2.29. The van der Waals surface area contributed by atoms with E-state index in [9.17, 15) is 8.78 Å². The Kier molecular flexibility index (Phi) is 3.56. The molecule has 0 atom stereocenters. The first-order valence-electron chi connectivity index (χ1n) is 7.17. The molecule has 2 aromatic carbocycles. The lowest BCUT2D eigenvalue weighted by molar-refractivity contribution is 0.508. The van der Waals surface area contributed by atoms with Crippen molar-refractivity contribution in [1.82, 2.24) is 9.55 Å². The van der Waals surface area contributed by atoms with Gasteiger partial charge < -0.3 is 10.3 Å². The molecule has 5 heteroatoms. The van der Waals surface area contributed by atoms with Crippen molar-refractivity contribution >= 4 is 16.7 Å². The first kappa shape index (κ1) is 14.5. The summed E-state index contributed by atoms with van der Waals surface area (Å²) in [5.74, 6) is -0.771. The number of nitrogen functional groups attached to an aromatic ring is 1. The fourth-order valence-electron chi connectivity index (χ4n) is 2.57. The zero-order valence-electron chi connectivity index (χ0n) is 12.5. The van der Waals surface area contributed by atoms with Crippen molar-refractivity contribution in [2.45, 2.75) is 20.4 Å². The number of rotatable bonds is 3. The van der Waals surface area contributed by atoms with Crippen LogP contribution in [0, 0.1) is 17.6 Å². The minimum atomic E-state index is -0.881. The van der Waals surface area contributed by atoms with Crippen LogP contribution >= 0.6 is 0 Å². The first-order chi connectivity index (χ1) is 10.5. The summed E-state index contributed by atoms with van der Waals surface area (Å²) in [4.78, 5) is 4.56. The maximum atomic E-state index is 13.6. The molecule has 0 aliphatic rings. The van der Waals surface area contributed by atoms with Gasteiger partial charge in [-0.05, 0) is 36.2 Å². The maximum Gasteiger partial charge on any atom is 0.159 e. The van der Waals surface area contributed by atoms with Crippen molar-refractivity contribution < 1.29 is 8.78 Å². The Bertz CT molecular complexity index is 837. The van der Waals surface area contributed by atoms with Gasteiger partial charge in [-0.25, -0.2) is 13.8 Å². The van der Waals surface area contributed by atoms with Crippen LogP contribution in [0.15, 0.2) is 36.4 Å². The van der Waals surface area contributed by atoms with E-state index < -0.39 is 11.6 Å². The fourth-order valence-corrected chi connectivity index (χ4v) is 2.57. The van der Waals surface area contributed by atoms with E-state index in [0.29, 0.717) is 35.1 Å². The lowest BCUT2D eigenvalue weighted by atomic mass is 10.1. The molecule has 0 spiro atoms. The molecule has 0 amide bonds. The normalized spacial score (nSPS) is 11.5. The average molecular weight is 301 g/mol. The van der Waals surface area contributed by atoms with Gasteiger partial charge in [0.1, 0.15) is 11.3 Å². The molecule has 2 N–H and O–H groups in total. The first-order valence-corrected chi connectivity index (χ1v) is 7.17. The molecular formula is C17H17F2N3. The predicted molar refractivity (Wildman–Crippen MR) is 84.3 cm³/mol. The van der Waals surface area contributed by atoms with E-state index in [1.807, 2.05) is 16.7 Å². The highest BCUT2D eigenvalue weighted by atomic mass is 19.2. The molecule has 0 fully saturated rings. The van der Waals surface area contributed by atoms with Gasteiger partial charge in [-0.2, -0.15) is 0 Å². The van der Waals surface area contributed by atoms with Gasteiger partial charge in [0.25, 0.3) is 0 Å². The SMILES string of the molecule is CC(C)Cn1c(-c2ccc(F)c(F)c2)nc2c(N)cccc21. The van der Waals surface area contributed by atoms with E-state index in [2.05, 4.69) is 18.8 Å². The number of fused-ring (bicyclic) bond motifs is 1. The zero-order chi connectivity index (χ0) is 15.9. The van der Waals surface area contributed by atoms with Crippen LogP contribution in [0.25, 0.3) is 22.4 Å². The third-order valence-corrected chi connectivity index (χ3v) is 3.54. The Morgan fingerprint density at radius 1 is 1.14 bits per heavy atom. The molecule has 22 heavy (non-hydrogen) atoms. The highest BCUT2D eigenvalue weighted by Gasteiger charge is 2.16. The van der Waals surface area contributed by atoms with Crippen molar-refractivity contribution in [3.05, 3.63) is 48.0 Å². The summed E-state index contributed by atoms with van der Waals surface area (Å²) < 4.78 is 28.7. The number of hydrogen-bond donors (Lipinski definition) is 1. The van der Waals surface area contributed by atoms with Crippen molar-refractivity contribution in [2.75, 3.05) is 5.73 Å². The molecule has 114 valence electrons. The van der Waals surface area contributed by atoms with Crippen molar-refractivity contribution in [2.24, 2.45) is 5.92 Å². The Balaban J connectivity index is 2.27. The van der Waals surface area contributed by atoms with Crippen molar-refractivity contribution in [3.63, 3.8) is 0 Å². The Morgan fingerprint density at radius 3 is 2.59 bits per heavy atom. The molecule has 0 aliphatic carbocycles.